The number of carboxylic acid groups (broad SMARTS) is 1. The summed E-state index contributed by atoms with van der Waals surface area (Å²) in [4.78, 5) is 41.8. The number of amides is 1. The van der Waals surface area contributed by atoms with E-state index in [1.54, 1.807) is 37.6 Å². The molecule has 0 unspecified atom stereocenters. The van der Waals surface area contributed by atoms with E-state index in [2.05, 4.69) is 15.1 Å². The van der Waals surface area contributed by atoms with Crippen LogP contribution in [0.2, 0.25) is 0 Å². The Morgan fingerprint density at radius 3 is 2.49 bits per heavy atom. The van der Waals surface area contributed by atoms with Gasteiger partial charge in [-0.15, -0.1) is 0 Å². The molecule has 0 saturated carbocycles. The van der Waals surface area contributed by atoms with Gasteiger partial charge in [-0.3, -0.25) is 14.2 Å². The minimum atomic E-state index is -1.32. The number of hydrogen-bond donors (Lipinski definition) is 3. The number of pyridine rings is 1. The van der Waals surface area contributed by atoms with Crippen molar-refractivity contribution in [3.8, 4) is 11.4 Å². The molecular weight excluding hydrogens is 474 g/mol. The minimum absolute atomic E-state index is 0.242. The number of carbonyl (C=O) groups excluding carboxylic acids is 1. The van der Waals surface area contributed by atoms with Gasteiger partial charge in [-0.25, -0.2) is 4.79 Å². The molecule has 4 N–H and O–H groups in total. The number of methoxy groups -OCH3 is 1. The summed E-state index contributed by atoms with van der Waals surface area (Å²) in [6, 6.07) is 14.0. The molecule has 10 heteroatoms. The molecule has 37 heavy (non-hydrogen) atoms. The molecule has 0 aliphatic carbocycles. The van der Waals surface area contributed by atoms with Gasteiger partial charge in [-0.1, -0.05) is 12.1 Å². The summed E-state index contributed by atoms with van der Waals surface area (Å²) >= 11 is 0. The molecule has 10 nitrogen and oxygen atoms in total. The van der Waals surface area contributed by atoms with Crippen LogP contribution in [0.4, 0.5) is 11.4 Å². The van der Waals surface area contributed by atoms with E-state index in [1.807, 2.05) is 31.3 Å². The Kier molecular flexibility index (Phi) is 7.78. The van der Waals surface area contributed by atoms with Crippen LogP contribution in [0.1, 0.15) is 26.3 Å². The SMILES string of the molecule is COc1cccc(CCNc2ccn(-c3ccc(C(N)=O)cc3N3CCN(C)CC3)c(=O)c2C(=O)O)c1. The fourth-order valence-electron chi connectivity index (χ4n) is 4.43. The van der Waals surface area contributed by atoms with Crippen LogP contribution in [0.25, 0.3) is 5.69 Å². The van der Waals surface area contributed by atoms with Crippen LogP contribution in [0.5, 0.6) is 5.75 Å². The summed E-state index contributed by atoms with van der Waals surface area (Å²) in [6.45, 7) is 3.43. The molecule has 2 heterocycles. The summed E-state index contributed by atoms with van der Waals surface area (Å²) < 4.78 is 6.56. The number of nitrogens with zero attached hydrogens (tertiary/aromatic N) is 3. The van der Waals surface area contributed by atoms with Crippen molar-refractivity contribution in [3.05, 3.63) is 81.8 Å². The van der Waals surface area contributed by atoms with Crippen molar-refractivity contribution in [1.82, 2.24) is 9.47 Å². The van der Waals surface area contributed by atoms with E-state index < -0.39 is 17.4 Å². The lowest BCUT2D eigenvalue weighted by Gasteiger charge is -2.35. The van der Waals surface area contributed by atoms with Gasteiger partial charge in [0.15, 0.2) is 0 Å². The van der Waals surface area contributed by atoms with Crippen molar-refractivity contribution in [3.63, 3.8) is 0 Å². The number of carboxylic acids is 1. The molecule has 1 aromatic heterocycles. The number of anilines is 2. The zero-order valence-corrected chi connectivity index (χ0v) is 20.9. The Bertz CT molecular complexity index is 1360. The Morgan fingerprint density at radius 1 is 1.05 bits per heavy atom. The smallest absolute Gasteiger partial charge is 0.343 e. The highest BCUT2D eigenvalue weighted by Gasteiger charge is 2.23. The van der Waals surface area contributed by atoms with Gasteiger partial charge in [0.2, 0.25) is 5.91 Å². The van der Waals surface area contributed by atoms with Crippen molar-refractivity contribution in [2.45, 2.75) is 6.42 Å². The normalized spacial score (nSPS) is 13.8. The summed E-state index contributed by atoms with van der Waals surface area (Å²) in [5, 5.41) is 13.0. The van der Waals surface area contributed by atoms with E-state index >= 15 is 0 Å². The van der Waals surface area contributed by atoms with Gasteiger partial charge >= 0.3 is 5.97 Å². The number of piperazine rings is 1. The molecule has 1 fully saturated rings. The molecule has 4 rings (SSSR count). The Hall–Kier alpha value is -4.31. The highest BCUT2D eigenvalue weighted by Crippen LogP contribution is 2.27. The fraction of sp³-hybridized carbons (Fsp3) is 0.296. The third kappa shape index (κ3) is 5.75. The number of likely N-dealkylation sites (N-methyl/N-ethyl adjacent to an activating group) is 1. The van der Waals surface area contributed by atoms with Gasteiger partial charge in [0.1, 0.15) is 11.3 Å². The monoisotopic (exact) mass is 505 g/mol. The number of hydrogen-bond acceptors (Lipinski definition) is 7. The summed E-state index contributed by atoms with van der Waals surface area (Å²) in [6.07, 6.45) is 2.17. The van der Waals surface area contributed by atoms with E-state index in [-0.39, 0.29) is 11.3 Å². The van der Waals surface area contributed by atoms with Crippen LogP contribution in [0.3, 0.4) is 0 Å². The standard InChI is InChI=1S/C27H31N5O5/c1-30-12-14-31(15-13-30)23-17-19(25(28)33)6-7-22(23)32-11-9-21(24(26(32)34)27(35)36)29-10-8-18-4-3-5-20(16-18)37-2/h3-7,9,11,16-17,29H,8,10,12-15H2,1-2H3,(H2,28,33)(H,35,36). The molecule has 1 aliphatic rings. The number of ether oxygens (including phenoxy) is 1. The lowest BCUT2D eigenvalue weighted by molar-refractivity contribution is 0.0695. The van der Waals surface area contributed by atoms with E-state index in [4.69, 9.17) is 10.5 Å². The van der Waals surface area contributed by atoms with Crippen LogP contribution in [0, 0.1) is 0 Å². The first-order valence-corrected chi connectivity index (χ1v) is 12.0. The average Bonchev–Trinajstić information content (AvgIpc) is 2.89. The number of nitrogens with two attached hydrogens (primary N) is 1. The van der Waals surface area contributed by atoms with E-state index in [0.29, 0.717) is 43.0 Å². The number of aromatic carboxylic acids is 1. The predicted molar refractivity (Wildman–Crippen MR) is 142 cm³/mol. The van der Waals surface area contributed by atoms with E-state index in [1.165, 1.54) is 4.57 Å². The largest absolute Gasteiger partial charge is 0.497 e. The van der Waals surface area contributed by atoms with Crippen LogP contribution in [0.15, 0.2) is 59.5 Å². The molecule has 1 aliphatic heterocycles. The lowest BCUT2D eigenvalue weighted by atomic mass is 10.1. The number of aromatic nitrogens is 1. The zero-order chi connectivity index (χ0) is 26.5. The minimum Gasteiger partial charge on any atom is -0.497 e. The van der Waals surface area contributed by atoms with Gasteiger partial charge in [-0.05, 0) is 55.4 Å². The maximum Gasteiger partial charge on any atom is 0.343 e. The number of rotatable bonds is 9. The highest BCUT2D eigenvalue weighted by molar-refractivity contribution is 5.95. The molecule has 3 aromatic rings. The highest BCUT2D eigenvalue weighted by atomic mass is 16.5. The number of carbonyl (C=O) groups is 2. The summed E-state index contributed by atoms with van der Waals surface area (Å²) in [5.74, 6) is -1.15. The van der Waals surface area contributed by atoms with Crippen LogP contribution >= 0.6 is 0 Å². The average molecular weight is 506 g/mol. The molecular formula is C27H31N5O5. The lowest BCUT2D eigenvalue weighted by Crippen LogP contribution is -2.45. The van der Waals surface area contributed by atoms with Crippen molar-refractivity contribution in [1.29, 1.82) is 0 Å². The van der Waals surface area contributed by atoms with E-state index in [9.17, 15) is 19.5 Å². The first kappa shape index (κ1) is 25.8. The molecule has 0 radical (unpaired) electrons. The molecule has 0 atom stereocenters. The fourth-order valence-corrected chi connectivity index (χ4v) is 4.43. The number of primary amides is 1. The molecule has 194 valence electrons. The first-order chi connectivity index (χ1) is 17.8. The van der Waals surface area contributed by atoms with Crippen molar-refractivity contribution >= 4 is 23.3 Å². The maximum absolute atomic E-state index is 13.5. The second-order valence-electron chi connectivity index (χ2n) is 8.97. The van der Waals surface area contributed by atoms with Gasteiger partial charge in [0, 0.05) is 44.5 Å². The quantitative estimate of drug-likeness (QED) is 0.403. The van der Waals surface area contributed by atoms with Crippen molar-refractivity contribution in [2.75, 3.05) is 57.1 Å². The second-order valence-corrected chi connectivity index (χ2v) is 8.97. The van der Waals surface area contributed by atoms with Crippen LogP contribution < -0.4 is 26.2 Å². The van der Waals surface area contributed by atoms with Gasteiger partial charge in [-0.2, -0.15) is 0 Å². The third-order valence-corrected chi connectivity index (χ3v) is 6.53. The van der Waals surface area contributed by atoms with Crippen LogP contribution in [-0.2, 0) is 6.42 Å². The molecule has 0 spiro atoms. The predicted octanol–water partition coefficient (Wildman–Crippen LogP) is 2.05. The number of nitrogens with one attached hydrogen (secondary N) is 1. The Balaban J connectivity index is 1.67. The van der Waals surface area contributed by atoms with Gasteiger partial charge in [0.25, 0.3) is 5.56 Å². The summed E-state index contributed by atoms with van der Waals surface area (Å²) in [7, 11) is 3.63. The summed E-state index contributed by atoms with van der Waals surface area (Å²) in [5.41, 5.74) is 7.22. The maximum atomic E-state index is 13.5. The molecule has 1 amide bonds. The van der Waals surface area contributed by atoms with Gasteiger partial charge < -0.3 is 30.7 Å². The third-order valence-electron chi connectivity index (χ3n) is 6.53. The Morgan fingerprint density at radius 2 is 1.81 bits per heavy atom. The molecule has 1 saturated heterocycles. The topological polar surface area (TPSA) is 130 Å². The molecule has 0 bridgehead atoms. The zero-order valence-electron chi connectivity index (χ0n) is 20.9. The van der Waals surface area contributed by atoms with Crippen molar-refractivity contribution in [2.24, 2.45) is 5.73 Å². The van der Waals surface area contributed by atoms with Crippen molar-refractivity contribution < 1.29 is 19.4 Å². The number of benzene rings is 2. The second kappa shape index (κ2) is 11.2. The van der Waals surface area contributed by atoms with Gasteiger partial charge in [0.05, 0.1) is 24.2 Å². The first-order valence-electron chi connectivity index (χ1n) is 12.0. The molecule has 2 aromatic carbocycles. The Labute approximate surface area is 214 Å². The van der Waals surface area contributed by atoms with Crippen LogP contribution in [-0.4, -0.2) is 73.3 Å². The van der Waals surface area contributed by atoms with E-state index in [0.717, 1.165) is 24.4 Å².